The summed E-state index contributed by atoms with van der Waals surface area (Å²) in [6, 6.07) is 4.19. The Labute approximate surface area is 93.1 Å². The van der Waals surface area contributed by atoms with E-state index in [1.54, 1.807) is 17.5 Å². The molecule has 0 unspecified atom stereocenters. The standard InChI is InChI=1S/C11H13N3S/c1-2-5-12-11-13-6-7-14(11)9-10-4-3-8-15-10/h2-4,6-8H,1,5,9H2,(H,12,13). The van der Waals surface area contributed by atoms with Gasteiger partial charge in [0.05, 0.1) is 6.54 Å². The van der Waals surface area contributed by atoms with Crippen LogP contribution >= 0.6 is 11.3 Å². The lowest BCUT2D eigenvalue weighted by Crippen LogP contribution is -2.07. The van der Waals surface area contributed by atoms with E-state index in [9.17, 15) is 0 Å². The zero-order chi connectivity index (χ0) is 10.5. The average Bonchev–Trinajstić information content (AvgIpc) is 2.87. The smallest absolute Gasteiger partial charge is 0.203 e. The Morgan fingerprint density at radius 1 is 1.60 bits per heavy atom. The molecule has 78 valence electrons. The molecule has 0 radical (unpaired) electrons. The molecular formula is C11H13N3S. The molecule has 0 atom stereocenters. The highest BCUT2D eigenvalue weighted by Crippen LogP contribution is 2.13. The highest BCUT2D eigenvalue weighted by molar-refractivity contribution is 7.09. The Kier molecular flexibility index (Phi) is 3.19. The van der Waals surface area contributed by atoms with Crippen LogP contribution in [0.5, 0.6) is 0 Å². The Bertz CT molecular complexity index is 417. The molecule has 2 aromatic rings. The predicted octanol–water partition coefficient (Wildman–Crippen LogP) is 2.59. The molecule has 0 aliphatic heterocycles. The average molecular weight is 219 g/mol. The number of imidazole rings is 1. The number of hydrogen-bond donors (Lipinski definition) is 1. The molecule has 0 saturated carbocycles. The fourth-order valence-corrected chi connectivity index (χ4v) is 2.04. The maximum absolute atomic E-state index is 4.24. The third-order valence-electron chi connectivity index (χ3n) is 2.03. The topological polar surface area (TPSA) is 29.9 Å². The van der Waals surface area contributed by atoms with Gasteiger partial charge in [0.25, 0.3) is 0 Å². The van der Waals surface area contributed by atoms with Crippen LogP contribution in [-0.2, 0) is 6.54 Å². The van der Waals surface area contributed by atoms with Gasteiger partial charge >= 0.3 is 0 Å². The fraction of sp³-hybridized carbons (Fsp3) is 0.182. The van der Waals surface area contributed by atoms with Crippen LogP contribution in [0.15, 0.2) is 42.6 Å². The van der Waals surface area contributed by atoms with E-state index in [0.717, 1.165) is 19.0 Å². The molecule has 0 aromatic carbocycles. The van der Waals surface area contributed by atoms with Gasteiger partial charge in [-0.1, -0.05) is 12.1 Å². The van der Waals surface area contributed by atoms with Crippen LogP contribution in [-0.4, -0.2) is 16.1 Å². The lowest BCUT2D eigenvalue weighted by atomic mass is 10.4. The minimum atomic E-state index is 0.738. The maximum Gasteiger partial charge on any atom is 0.203 e. The summed E-state index contributed by atoms with van der Waals surface area (Å²) in [5.41, 5.74) is 0. The van der Waals surface area contributed by atoms with Crippen molar-refractivity contribution < 1.29 is 0 Å². The van der Waals surface area contributed by atoms with Gasteiger partial charge in [0.1, 0.15) is 0 Å². The molecular weight excluding hydrogens is 206 g/mol. The molecule has 0 spiro atoms. The number of nitrogens with zero attached hydrogens (tertiary/aromatic N) is 2. The monoisotopic (exact) mass is 219 g/mol. The summed E-state index contributed by atoms with van der Waals surface area (Å²) < 4.78 is 2.09. The summed E-state index contributed by atoms with van der Waals surface area (Å²) >= 11 is 1.76. The Balaban J connectivity index is 2.07. The maximum atomic E-state index is 4.24. The molecule has 0 aliphatic carbocycles. The van der Waals surface area contributed by atoms with E-state index in [4.69, 9.17) is 0 Å². The lowest BCUT2D eigenvalue weighted by molar-refractivity contribution is 0.814. The van der Waals surface area contributed by atoms with Gasteiger partial charge in [-0.2, -0.15) is 0 Å². The van der Waals surface area contributed by atoms with Gasteiger partial charge in [-0.25, -0.2) is 4.98 Å². The van der Waals surface area contributed by atoms with Crippen molar-refractivity contribution in [2.75, 3.05) is 11.9 Å². The normalized spacial score (nSPS) is 10.1. The molecule has 0 fully saturated rings. The molecule has 3 nitrogen and oxygen atoms in total. The largest absolute Gasteiger partial charge is 0.352 e. The number of thiophene rings is 1. The van der Waals surface area contributed by atoms with Crippen LogP contribution in [0.2, 0.25) is 0 Å². The number of anilines is 1. The fourth-order valence-electron chi connectivity index (χ4n) is 1.34. The first-order valence-corrected chi connectivity index (χ1v) is 5.66. The SMILES string of the molecule is C=CCNc1nccn1Cc1cccs1. The van der Waals surface area contributed by atoms with E-state index in [2.05, 4.69) is 39.0 Å². The molecule has 1 N–H and O–H groups in total. The molecule has 0 bridgehead atoms. The number of hydrogen-bond acceptors (Lipinski definition) is 3. The van der Waals surface area contributed by atoms with Gasteiger partial charge in [-0.15, -0.1) is 17.9 Å². The van der Waals surface area contributed by atoms with Crippen molar-refractivity contribution in [3.8, 4) is 0 Å². The minimum Gasteiger partial charge on any atom is -0.352 e. The Morgan fingerprint density at radius 3 is 3.27 bits per heavy atom. The zero-order valence-corrected chi connectivity index (χ0v) is 9.20. The van der Waals surface area contributed by atoms with E-state index < -0.39 is 0 Å². The Hall–Kier alpha value is -1.55. The quantitative estimate of drug-likeness (QED) is 0.783. The molecule has 0 amide bonds. The van der Waals surface area contributed by atoms with E-state index in [0.29, 0.717) is 0 Å². The van der Waals surface area contributed by atoms with Crippen molar-refractivity contribution in [2.24, 2.45) is 0 Å². The second-order valence-electron chi connectivity index (χ2n) is 3.13. The van der Waals surface area contributed by atoms with Gasteiger partial charge in [0.15, 0.2) is 0 Å². The third kappa shape index (κ3) is 2.47. The molecule has 15 heavy (non-hydrogen) atoms. The van der Waals surface area contributed by atoms with E-state index in [1.165, 1.54) is 4.88 Å². The number of rotatable bonds is 5. The molecule has 2 rings (SSSR count). The molecule has 0 aliphatic rings. The van der Waals surface area contributed by atoms with Gasteiger partial charge < -0.3 is 9.88 Å². The van der Waals surface area contributed by atoms with E-state index in [1.807, 2.05) is 12.3 Å². The van der Waals surface area contributed by atoms with Crippen LogP contribution in [0, 0.1) is 0 Å². The van der Waals surface area contributed by atoms with Gasteiger partial charge in [-0.05, 0) is 11.4 Å². The number of aromatic nitrogens is 2. The highest BCUT2D eigenvalue weighted by Gasteiger charge is 2.02. The minimum absolute atomic E-state index is 0.738. The van der Waals surface area contributed by atoms with Crippen LogP contribution in [0.1, 0.15) is 4.88 Å². The second-order valence-corrected chi connectivity index (χ2v) is 4.16. The van der Waals surface area contributed by atoms with Crippen molar-refractivity contribution in [3.05, 3.63) is 47.4 Å². The molecule has 2 aromatic heterocycles. The van der Waals surface area contributed by atoms with Crippen LogP contribution < -0.4 is 5.32 Å². The third-order valence-corrected chi connectivity index (χ3v) is 2.89. The summed E-state index contributed by atoms with van der Waals surface area (Å²) in [6.45, 7) is 5.28. The first kappa shape index (κ1) is 9.98. The lowest BCUT2D eigenvalue weighted by Gasteiger charge is -2.06. The van der Waals surface area contributed by atoms with Crippen LogP contribution in [0.3, 0.4) is 0 Å². The molecule has 4 heteroatoms. The summed E-state index contributed by atoms with van der Waals surface area (Å²) in [7, 11) is 0. The van der Waals surface area contributed by atoms with Crippen molar-refractivity contribution in [1.82, 2.24) is 9.55 Å². The van der Waals surface area contributed by atoms with E-state index >= 15 is 0 Å². The van der Waals surface area contributed by atoms with Crippen LogP contribution in [0.25, 0.3) is 0 Å². The first-order chi connectivity index (χ1) is 7.40. The summed E-state index contributed by atoms with van der Waals surface area (Å²) in [4.78, 5) is 5.57. The Morgan fingerprint density at radius 2 is 2.53 bits per heavy atom. The predicted molar refractivity (Wildman–Crippen MR) is 64.3 cm³/mol. The van der Waals surface area contributed by atoms with Crippen molar-refractivity contribution in [2.45, 2.75) is 6.54 Å². The van der Waals surface area contributed by atoms with Gasteiger partial charge in [0.2, 0.25) is 5.95 Å². The highest BCUT2D eigenvalue weighted by atomic mass is 32.1. The zero-order valence-electron chi connectivity index (χ0n) is 8.39. The van der Waals surface area contributed by atoms with Crippen molar-refractivity contribution >= 4 is 17.3 Å². The van der Waals surface area contributed by atoms with Gasteiger partial charge in [0, 0.05) is 23.8 Å². The first-order valence-electron chi connectivity index (χ1n) is 4.78. The summed E-state index contributed by atoms with van der Waals surface area (Å²) in [5, 5.41) is 5.28. The van der Waals surface area contributed by atoms with Crippen molar-refractivity contribution in [1.29, 1.82) is 0 Å². The second kappa shape index (κ2) is 4.79. The van der Waals surface area contributed by atoms with E-state index in [-0.39, 0.29) is 0 Å². The van der Waals surface area contributed by atoms with Crippen molar-refractivity contribution in [3.63, 3.8) is 0 Å². The molecule has 0 saturated heterocycles. The molecule has 2 heterocycles. The van der Waals surface area contributed by atoms with Gasteiger partial charge in [-0.3, -0.25) is 0 Å². The van der Waals surface area contributed by atoms with Crippen LogP contribution in [0.4, 0.5) is 5.95 Å². The summed E-state index contributed by atoms with van der Waals surface area (Å²) in [6.07, 6.45) is 5.61. The number of nitrogens with one attached hydrogen (secondary N) is 1. The summed E-state index contributed by atoms with van der Waals surface area (Å²) in [5.74, 6) is 0.892.